The van der Waals surface area contributed by atoms with Gasteiger partial charge in [0, 0.05) is 23.8 Å². The summed E-state index contributed by atoms with van der Waals surface area (Å²) in [5.41, 5.74) is 7.33. The molecule has 0 bridgehead atoms. The van der Waals surface area contributed by atoms with Crippen molar-refractivity contribution in [1.82, 2.24) is 34.8 Å². The van der Waals surface area contributed by atoms with E-state index in [1.807, 2.05) is 30.3 Å². The number of anilines is 2. The first-order valence-electron chi connectivity index (χ1n) is 12.2. The first kappa shape index (κ1) is 23.5. The van der Waals surface area contributed by atoms with Crippen LogP contribution in [0.15, 0.2) is 72.3 Å². The number of hydrogen-bond donors (Lipinski definition) is 2. The molecule has 0 spiro atoms. The van der Waals surface area contributed by atoms with Gasteiger partial charge in [-0.05, 0) is 60.2 Å². The fourth-order valence-corrected chi connectivity index (χ4v) is 4.71. The van der Waals surface area contributed by atoms with Gasteiger partial charge in [0.15, 0.2) is 5.65 Å². The lowest BCUT2D eigenvalue weighted by Crippen LogP contribution is -2.29. The van der Waals surface area contributed by atoms with Crippen molar-refractivity contribution in [2.24, 2.45) is 0 Å². The number of aromatic nitrogens is 6. The first-order chi connectivity index (χ1) is 18.6. The van der Waals surface area contributed by atoms with Crippen molar-refractivity contribution < 1.29 is 9.63 Å². The normalized spacial score (nSPS) is 12.4. The summed E-state index contributed by atoms with van der Waals surface area (Å²) in [7, 11) is 1.32. The minimum Gasteiger partial charge on any atom is -0.324 e. The predicted molar refractivity (Wildman–Crippen MR) is 140 cm³/mol. The number of fused-ring (bicyclic) bond motifs is 2. The van der Waals surface area contributed by atoms with Crippen LogP contribution in [0.5, 0.6) is 0 Å². The van der Waals surface area contributed by atoms with Gasteiger partial charge in [0.25, 0.3) is 5.91 Å². The van der Waals surface area contributed by atoms with Gasteiger partial charge in [-0.3, -0.25) is 14.4 Å². The Bertz CT molecular complexity index is 1690. The van der Waals surface area contributed by atoms with Crippen LogP contribution in [0, 0.1) is 0 Å². The highest BCUT2D eigenvalue weighted by molar-refractivity contribution is 5.96. The number of nitrogens with one attached hydrogen (secondary N) is 2. The Morgan fingerprint density at radius 1 is 1.11 bits per heavy atom. The van der Waals surface area contributed by atoms with Gasteiger partial charge in [-0.1, -0.05) is 18.2 Å². The number of hydrogen-bond acceptors (Lipinski definition) is 8. The zero-order valence-electron chi connectivity index (χ0n) is 20.6. The molecule has 2 aromatic carbocycles. The van der Waals surface area contributed by atoms with Gasteiger partial charge in [-0.2, -0.15) is 10.1 Å². The minimum absolute atomic E-state index is 0.0628. The van der Waals surface area contributed by atoms with E-state index < -0.39 is 11.3 Å². The van der Waals surface area contributed by atoms with Crippen molar-refractivity contribution in [1.29, 1.82) is 0 Å². The van der Waals surface area contributed by atoms with Crippen molar-refractivity contribution in [3.05, 3.63) is 100.0 Å². The summed E-state index contributed by atoms with van der Waals surface area (Å²) in [5, 5.41) is 7.56. The Morgan fingerprint density at radius 2 is 1.95 bits per heavy atom. The van der Waals surface area contributed by atoms with Crippen LogP contribution >= 0.6 is 0 Å². The lowest BCUT2D eigenvalue weighted by atomic mass is 10.1. The van der Waals surface area contributed by atoms with E-state index in [4.69, 9.17) is 4.84 Å². The van der Waals surface area contributed by atoms with Gasteiger partial charge in [0.2, 0.25) is 11.4 Å². The summed E-state index contributed by atoms with van der Waals surface area (Å²) in [6.45, 7) is 0.610. The number of hydroxylamine groups is 1. The molecule has 1 aliphatic carbocycles. The second-order valence-corrected chi connectivity index (χ2v) is 9.03. The highest BCUT2D eigenvalue weighted by atomic mass is 16.6. The Hall–Kier alpha value is -4.90. The van der Waals surface area contributed by atoms with Gasteiger partial charge in [-0.25, -0.2) is 20.1 Å². The molecule has 0 aliphatic heterocycles. The summed E-state index contributed by atoms with van der Waals surface area (Å²) in [4.78, 5) is 43.6. The van der Waals surface area contributed by atoms with E-state index in [0.717, 1.165) is 36.2 Å². The fourth-order valence-electron chi connectivity index (χ4n) is 4.71. The molecule has 0 radical (unpaired) electrons. The molecule has 3 aromatic heterocycles. The van der Waals surface area contributed by atoms with Crippen LogP contribution in [0.3, 0.4) is 0 Å². The standard InChI is InChI=1S/C27H24N8O3/c1-38-33-26(37)23-14-35(21-10-7-18-3-2-4-19(18)11-21)25-22(24(23)36)12-29-27(32-25)31-20-8-5-17(6-9-20)13-34-16-28-15-30-34/h5-12,14-16H,2-4,13H2,1H3,(H,33,37)(H,29,31,32). The number of benzene rings is 2. The first-order valence-corrected chi connectivity index (χ1v) is 12.2. The van der Waals surface area contributed by atoms with E-state index in [0.29, 0.717) is 18.1 Å². The highest BCUT2D eigenvalue weighted by Crippen LogP contribution is 2.26. The van der Waals surface area contributed by atoms with Crippen molar-refractivity contribution in [3.8, 4) is 5.69 Å². The molecule has 0 fully saturated rings. The van der Waals surface area contributed by atoms with E-state index in [2.05, 4.69) is 43.0 Å². The molecule has 38 heavy (non-hydrogen) atoms. The second-order valence-electron chi connectivity index (χ2n) is 9.03. The Labute approximate surface area is 217 Å². The molecule has 0 unspecified atom stereocenters. The number of amides is 1. The third kappa shape index (κ3) is 4.50. The van der Waals surface area contributed by atoms with Crippen LogP contribution in [-0.4, -0.2) is 42.3 Å². The maximum Gasteiger partial charge on any atom is 0.280 e. The SMILES string of the molecule is CONC(=O)c1cn(-c2ccc3c(c2)CCC3)c2nc(Nc3ccc(Cn4cncn4)cc3)ncc2c1=O. The van der Waals surface area contributed by atoms with Crippen LogP contribution in [0.2, 0.25) is 0 Å². The Kier molecular flexibility index (Phi) is 6.10. The molecular formula is C27H24N8O3. The lowest BCUT2D eigenvalue weighted by molar-refractivity contribution is 0.0536. The third-order valence-corrected chi connectivity index (χ3v) is 6.57. The summed E-state index contributed by atoms with van der Waals surface area (Å²) >= 11 is 0. The fraction of sp³-hybridized carbons (Fsp3) is 0.185. The average molecular weight is 509 g/mol. The highest BCUT2D eigenvalue weighted by Gasteiger charge is 2.19. The molecule has 6 rings (SSSR count). The molecule has 11 heteroatoms. The van der Waals surface area contributed by atoms with Crippen molar-refractivity contribution in [3.63, 3.8) is 0 Å². The molecule has 11 nitrogen and oxygen atoms in total. The van der Waals surface area contributed by atoms with Gasteiger partial charge >= 0.3 is 0 Å². The molecule has 0 saturated carbocycles. The second kappa shape index (κ2) is 9.87. The van der Waals surface area contributed by atoms with Gasteiger partial charge in [0.05, 0.1) is 19.0 Å². The summed E-state index contributed by atoms with van der Waals surface area (Å²) in [5.74, 6) is -0.313. The van der Waals surface area contributed by atoms with Gasteiger partial charge in [-0.15, -0.1) is 0 Å². The zero-order valence-corrected chi connectivity index (χ0v) is 20.6. The molecule has 5 aromatic rings. The van der Waals surface area contributed by atoms with Crippen molar-refractivity contribution in [2.45, 2.75) is 25.8 Å². The van der Waals surface area contributed by atoms with Crippen molar-refractivity contribution in [2.75, 3.05) is 12.4 Å². The number of carbonyl (C=O) groups is 1. The summed E-state index contributed by atoms with van der Waals surface area (Å²) in [6, 6.07) is 14.0. The molecule has 0 saturated heterocycles. The summed E-state index contributed by atoms with van der Waals surface area (Å²) in [6.07, 6.45) is 9.27. The van der Waals surface area contributed by atoms with Crippen LogP contribution in [0.1, 0.15) is 33.5 Å². The summed E-state index contributed by atoms with van der Waals surface area (Å²) < 4.78 is 3.50. The maximum absolute atomic E-state index is 13.2. The predicted octanol–water partition coefficient (Wildman–Crippen LogP) is 2.94. The lowest BCUT2D eigenvalue weighted by Gasteiger charge is -2.15. The average Bonchev–Trinajstić information content (AvgIpc) is 3.62. The van der Waals surface area contributed by atoms with E-state index in [9.17, 15) is 9.59 Å². The quantitative estimate of drug-likeness (QED) is 0.321. The van der Waals surface area contributed by atoms with E-state index in [1.165, 1.54) is 37.0 Å². The molecular weight excluding hydrogens is 484 g/mol. The van der Waals surface area contributed by atoms with Crippen LogP contribution in [0.25, 0.3) is 16.7 Å². The monoisotopic (exact) mass is 508 g/mol. The van der Waals surface area contributed by atoms with Crippen LogP contribution < -0.4 is 16.2 Å². The van der Waals surface area contributed by atoms with E-state index >= 15 is 0 Å². The number of carbonyl (C=O) groups excluding carboxylic acids is 1. The smallest absolute Gasteiger partial charge is 0.280 e. The molecule has 1 aliphatic rings. The number of pyridine rings is 1. The molecule has 190 valence electrons. The van der Waals surface area contributed by atoms with Gasteiger partial charge in [0.1, 0.15) is 18.2 Å². The Morgan fingerprint density at radius 3 is 2.74 bits per heavy atom. The number of nitrogens with zero attached hydrogens (tertiary/aromatic N) is 6. The molecule has 0 atom stereocenters. The largest absolute Gasteiger partial charge is 0.324 e. The number of rotatable bonds is 7. The third-order valence-electron chi connectivity index (χ3n) is 6.57. The topological polar surface area (TPSA) is 129 Å². The van der Waals surface area contributed by atoms with Gasteiger partial charge < -0.3 is 9.88 Å². The minimum atomic E-state index is -0.637. The molecule has 3 heterocycles. The van der Waals surface area contributed by atoms with Crippen LogP contribution in [0.4, 0.5) is 11.6 Å². The molecule has 1 amide bonds. The molecule has 2 N–H and O–H groups in total. The maximum atomic E-state index is 13.2. The van der Waals surface area contributed by atoms with Crippen molar-refractivity contribution >= 4 is 28.6 Å². The Balaban J connectivity index is 1.39. The van der Waals surface area contributed by atoms with E-state index in [1.54, 1.807) is 15.6 Å². The zero-order chi connectivity index (χ0) is 26.1. The van der Waals surface area contributed by atoms with Crippen LogP contribution in [-0.2, 0) is 24.2 Å². The van der Waals surface area contributed by atoms with E-state index in [-0.39, 0.29) is 10.9 Å². The number of aryl methyl sites for hydroxylation is 2.